The maximum Gasteiger partial charge on any atom is 0.215 e. The topological polar surface area (TPSA) is 87.9 Å². The molecule has 0 bridgehead atoms. The summed E-state index contributed by atoms with van der Waals surface area (Å²) in [7, 11) is 0. The molecule has 1 aromatic carbocycles. The van der Waals surface area contributed by atoms with Crippen LogP contribution in [0.4, 0.5) is 26.0 Å². The summed E-state index contributed by atoms with van der Waals surface area (Å²) in [5.41, 5.74) is 6.77. The molecule has 2 aromatic heterocycles. The predicted molar refractivity (Wildman–Crippen MR) is 72.8 cm³/mol. The SMILES string of the molecule is N#Cc1nccc2c(Nc3ccc(F)c(F)c3)c(N)oc12. The van der Waals surface area contributed by atoms with Gasteiger partial charge in [-0.05, 0) is 18.2 Å². The van der Waals surface area contributed by atoms with E-state index in [9.17, 15) is 8.78 Å². The number of nitriles is 1. The predicted octanol–water partition coefficient (Wildman–Crippen LogP) is 3.30. The Bertz CT molecular complexity index is 883. The molecule has 3 aromatic rings. The Hall–Kier alpha value is -3.14. The van der Waals surface area contributed by atoms with Crippen LogP contribution in [0.5, 0.6) is 0 Å². The molecule has 0 spiro atoms. The maximum atomic E-state index is 13.2. The number of nitrogens with one attached hydrogen (secondary N) is 1. The lowest BCUT2D eigenvalue weighted by Crippen LogP contribution is -1.95. The van der Waals surface area contributed by atoms with Crippen LogP contribution in [0, 0.1) is 23.0 Å². The highest BCUT2D eigenvalue weighted by atomic mass is 19.2. The Labute approximate surface area is 117 Å². The van der Waals surface area contributed by atoms with Crippen LogP contribution in [-0.2, 0) is 0 Å². The molecule has 0 saturated heterocycles. The molecule has 21 heavy (non-hydrogen) atoms. The molecule has 2 heterocycles. The van der Waals surface area contributed by atoms with E-state index in [1.54, 1.807) is 6.07 Å². The van der Waals surface area contributed by atoms with Gasteiger partial charge < -0.3 is 15.5 Å². The van der Waals surface area contributed by atoms with E-state index in [1.807, 2.05) is 6.07 Å². The number of benzene rings is 1. The fourth-order valence-corrected chi connectivity index (χ4v) is 1.97. The number of nitrogens with zero attached hydrogens (tertiary/aromatic N) is 2. The van der Waals surface area contributed by atoms with Crippen LogP contribution in [0.1, 0.15) is 5.69 Å². The largest absolute Gasteiger partial charge is 0.436 e. The molecule has 0 unspecified atom stereocenters. The minimum absolute atomic E-state index is 0.0271. The Balaban J connectivity index is 2.10. The smallest absolute Gasteiger partial charge is 0.215 e. The Kier molecular flexibility index (Phi) is 2.92. The molecule has 0 radical (unpaired) electrons. The molecular weight excluding hydrogens is 278 g/mol. The van der Waals surface area contributed by atoms with Crippen LogP contribution in [0.15, 0.2) is 34.9 Å². The molecule has 0 atom stereocenters. The lowest BCUT2D eigenvalue weighted by molar-refractivity contribution is 0.509. The molecule has 3 rings (SSSR count). The second kappa shape index (κ2) is 4.76. The van der Waals surface area contributed by atoms with Crippen molar-refractivity contribution < 1.29 is 13.2 Å². The van der Waals surface area contributed by atoms with Crippen molar-refractivity contribution >= 4 is 28.2 Å². The van der Waals surface area contributed by atoms with Gasteiger partial charge in [-0.3, -0.25) is 0 Å². The van der Waals surface area contributed by atoms with E-state index in [4.69, 9.17) is 15.4 Å². The summed E-state index contributed by atoms with van der Waals surface area (Å²) in [6.07, 6.45) is 1.44. The van der Waals surface area contributed by atoms with Gasteiger partial charge >= 0.3 is 0 Å². The van der Waals surface area contributed by atoms with Crippen LogP contribution in [0.3, 0.4) is 0 Å². The zero-order valence-electron chi connectivity index (χ0n) is 10.5. The number of anilines is 3. The highest BCUT2D eigenvalue weighted by molar-refractivity contribution is 5.99. The van der Waals surface area contributed by atoms with Crippen LogP contribution >= 0.6 is 0 Å². The average Bonchev–Trinajstić information content (AvgIpc) is 2.79. The number of fused-ring (bicyclic) bond motifs is 1. The number of nitrogens with two attached hydrogens (primary N) is 1. The Morgan fingerprint density at radius 3 is 2.76 bits per heavy atom. The van der Waals surface area contributed by atoms with Crippen molar-refractivity contribution in [2.75, 3.05) is 11.1 Å². The molecule has 0 saturated carbocycles. The molecule has 0 amide bonds. The van der Waals surface area contributed by atoms with Gasteiger partial charge in [-0.2, -0.15) is 5.26 Å². The average molecular weight is 286 g/mol. The Morgan fingerprint density at radius 1 is 1.24 bits per heavy atom. The van der Waals surface area contributed by atoms with Gasteiger partial charge in [0.1, 0.15) is 11.8 Å². The van der Waals surface area contributed by atoms with Crippen molar-refractivity contribution in [2.45, 2.75) is 0 Å². The highest BCUT2D eigenvalue weighted by Crippen LogP contribution is 2.36. The van der Waals surface area contributed by atoms with Crippen molar-refractivity contribution in [2.24, 2.45) is 0 Å². The standard InChI is InChI=1S/C14H8F2N4O/c15-9-2-1-7(5-10(9)16)20-12-8-3-4-19-11(6-17)13(8)21-14(12)18/h1-5,20H,18H2. The number of rotatable bonds is 2. The first-order chi connectivity index (χ1) is 10.1. The first-order valence-corrected chi connectivity index (χ1v) is 5.89. The third-order valence-electron chi connectivity index (χ3n) is 2.93. The van der Waals surface area contributed by atoms with Crippen molar-refractivity contribution in [3.8, 4) is 6.07 Å². The first kappa shape index (κ1) is 12.9. The van der Waals surface area contributed by atoms with E-state index in [0.717, 1.165) is 12.1 Å². The Morgan fingerprint density at radius 2 is 2.05 bits per heavy atom. The van der Waals surface area contributed by atoms with Crippen LogP contribution in [0.2, 0.25) is 0 Å². The van der Waals surface area contributed by atoms with Crippen molar-refractivity contribution in [1.29, 1.82) is 5.26 Å². The summed E-state index contributed by atoms with van der Waals surface area (Å²) >= 11 is 0. The fraction of sp³-hybridized carbons (Fsp3) is 0. The van der Waals surface area contributed by atoms with Gasteiger partial charge in [0.15, 0.2) is 22.9 Å². The van der Waals surface area contributed by atoms with Gasteiger partial charge in [0.05, 0.1) is 5.39 Å². The first-order valence-electron chi connectivity index (χ1n) is 5.89. The second-order valence-electron chi connectivity index (χ2n) is 4.24. The van der Waals surface area contributed by atoms with E-state index in [1.165, 1.54) is 12.3 Å². The molecule has 0 fully saturated rings. The molecule has 0 aliphatic rings. The van der Waals surface area contributed by atoms with Crippen LogP contribution in [-0.4, -0.2) is 4.98 Å². The highest BCUT2D eigenvalue weighted by Gasteiger charge is 2.16. The third-order valence-corrected chi connectivity index (χ3v) is 2.93. The van der Waals surface area contributed by atoms with Gasteiger partial charge in [-0.25, -0.2) is 13.8 Å². The molecule has 5 nitrogen and oxygen atoms in total. The molecule has 7 heteroatoms. The number of pyridine rings is 1. The fourth-order valence-electron chi connectivity index (χ4n) is 1.97. The van der Waals surface area contributed by atoms with Crippen LogP contribution < -0.4 is 11.1 Å². The van der Waals surface area contributed by atoms with Gasteiger partial charge in [0.2, 0.25) is 5.88 Å². The number of halogens is 2. The van der Waals surface area contributed by atoms with E-state index >= 15 is 0 Å². The minimum Gasteiger partial charge on any atom is -0.436 e. The number of nitrogen functional groups attached to an aromatic ring is 1. The molecular formula is C14H8F2N4O. The van der Waals surface area contributed by atoms with Gasteiger partial charge in [0, 0.05) is 18.0 Å². The summed E-state index contributed by atoms with van der Waals surface area (Å²) in [6.45, 7) is 0. The molecule has 3 N–H and O–H groups in total. The number of aromatic nitrogens is 1. The third kappa shape index (κ3) is 2.12. The zero-order valence-corrected chi connectivity index (χ0v) is 10.5. The zero-order chi connectivity index (χ0) is 15.0. The number of hydrogen-bond acceptors (Lipinski definition) is 5. The minimum atomic E-state index is -0.981. The second-order valence-corrected chi connectivity index (χ2v) is 4.24. The maximum absolute atomic E-state index is 13.2. The molecule has 104 valence electrons. The summed E-state index contributed by atoms with van der Waals surface area (Å²) in [4.78, 5) is 3.86. The molecule has 0 aliphatic heterocycles. The summed E-state index contributed by atoms with van der Waals surface area (Å²) in [6, 6.07) is 6.87. The quantitative estimate of drug-likeness (QED) is 0.754. The van der Waals surface area contributed by atoms with Crippen LogP contribution in [0.25, 0.3) is 11.0 Å². The summed E-state index contributed by atoms with van der Waals surface area (Å²) in [5, 5.41) is 12.4. The van der Waals surface area contributed by atoms with Gasteiger partial charge in [-0.15, -0.1) is 0 Å². The number of hydrogen-bond donors (Lipinski definition) is 2. The summed E-state index contributed by atoms with van der Waals surface area (Å²) < 4.78 is 31.4. The lowest BCUT2D eigenvalue weighted by Gasteiger charge is -2.05. The summed E-state index contributed by atoms with van der Waals surface area (Å²) in [5.74, 6) is -1.90. The monoisotopic (exact) mass is 286 g/mol. The van der Waals surface area contributed by atoms with Crippen molar-refractivity contribution in [1.82, 2.24) is 4.98 Å². The van der Waals surface area contributed by atoms with Crippen molar-refractivity contribution in [3.63, 3.8) is 0 Å². The van der Waals surface area contributed by atoms with E-state index in [2.05, 4.69) is 10.3 Å². The van der Waals surface area contributed by atoms with Gasteiger partial charge in [0.25, 0.3) is 0 Å². The molecule has 0 aliphatic carbocycles. The van der Waals surface area contributed by atoms with E-state index in [0.29, 0.717) is 16.8 Å². The van der Waals surface area contributed by atoms with E-state index in [-0.39, 0.29) is 17.2 Å². The van der Waals surface area contributed by atoms with Crippen molar-refractivity contribution in [3.05, 3.63) is 47.8 Å². The lowest BCUT2D eigenvalue weighted by atomic mass is 10.2. The van der Waals surface area contributed by atoms with E-state index < -0.39 is 11.6 Å². The van der Waals surface area contributed by atoms with Gasteiger partial charge in [-0.1, -0.05) is 0 Å². The normalized spacial score (nSPS) is 10.5. The number of furan rings is 1.